The fourth-order valence-corrected chi connectivity index (χ4v) is 0.516. The molecule has 2 N–H and O–H groups in total. The fourth-order valence-electron chi connectivity index (χ4n) is 0.516. The Morgan fingerprint density at radius 1 is 1.50 bits per heavy atom. The van der Waals surface area contributed by atoms with Gasteiger partial charge in [-0.15, -0.1) is 6.58 Å². The van der Waals surface area contributed by atoms with Crippen LogP contribution in [-0.4, -0.2) is 6.54 Å². The average Bonchev–Trinajstić information content (AvgIpc) is 1.81. The van der Waals surface area contributed by atoms with Gasteiger partial charge in [0, 0.05) is 0 Å². The second-order valence-corrected chi connectivity index (χ2v) is 1.74. The number of unbranched alkanes of at least 4 members (excludes halogenated alkanes) is 2. The van der Waals surface area contributed by atoms with Crippen LogP contribution < -0.4 is 5.48 Å². The maximum absolute atomic E-state index is 9.74. The summed E-state index contributed by atoms with van der Waals surface area (Å²) in [5.74, 6) is 0. The van der Waals surface area contributed by atoms with Crippen molar-refractivity contribution in [2.24, 2.45) is 0 Å². The summed E-state index contributed by atoms with van der Waals surface area (Å²) in [7, 11) is 0. The largest absolute Gasteiger partial charge is 0.636 e. The van der Waals surface area contributed by atoms with E-state index in [2.05, 4.69) is 6.58 Å². The lowest BCUT2D eigenvalue weighted by atomic mass is 10.2. The van der Waals surface area contributed by atoms with Gasteiger partial charge in [-0.05, 0) is 19.3 Å². The average molecular weight is 115 g/mol. The van der Waals surface area contributed by atoms with Gasteiger partial charge in [0.25, 0.3) is 0 Å². The highest BCUT2D eigenvalue weighted by Crippen LogP contribution is 1.91. The predicted octanol–water partition coefficient (Wildman–Crippen LogP) is 0.404. The molecular weight excluding hydrogens is 102 g/mol. The van der Waals surface area contributed by atoms with Crippen LogP contribution in [0.1, 0.15) is 19.3 Å². The van der Waals surface area contributed by atoms with Crippen LogP contribution in [0.2, 0.25) is 0 Å². The smallest absolute Gasteiger partial charge is 0.0752 e. The van der Waals surface area contributed by atoms with Crippen LogP contribution in [0.5, 0.6) is 0 Å². The molecule has 0 bridgehead atoms. The Bertz CT molecular complexity index is 54.5. The van der Waals surface area contributed by atoms with Crippen LogP contribution in [0.15, 0.2) is 12.7 Å². The van der Waals surface area contributed by atoms with Gasteiger partial charge in [-0.25, -0.2) is 0 Å². The number of hydrogen-bond donors (Lipinski definition) is 1. The molecule has 0 rings (SSSR count). The molecule has 0 aromatic carbocycles. The van der Waals surface area contributed by atoms with E-state index in [0.717, 1.165) is 24.7 Å². The lowest BCUT2D eigenvalue weighted by Crippen LogP contribution is -2.77. The predicted molar refractivity (Wildman–Crippen MR) is 34.2 cm³/mol. The van der Waals surface area contributed by atoms with E-state index in [-0.39, 0.29) is 0 Å². The van der Waals surface area contributed by atoms with Crippen LogP contribution in [0.25, 0.3) is 0 Å². The van der Waals surface area contributed by atoms with Crippen LogP contribution in [0.3, 0.4) is 0 Å². The van der Waals surface area contributed by atoms with Gasteiger partial charge in [-0.1, -0.05) is 6.08 Å². The SMILES string of the molecule is C=CCCCC[NH2+][O-]. The lowest BCUT2D eigenvalue weighted by Gasteiger charge is -1.98. The quantitative estimate of drug-likeness (QED) is 0.314. The van der Waals surface area contributed by atoms with Gasteiger partial charge >= 0.3 is 0 Å². The molecule has 0 aliphatic carbocycles. The minimum absolute atomic E-state index is 0.702. The number of rotatable bonds is 5. The molecule has 0 aromatic heterocycles. The molecule has 2 heteroatoms. The van der Waals surface area contributed by atoms with Crippen molar-refractivity contribution in [1.29, 1.82) is 0 Å². The van der Waals surface area contributed by atoms with Gasteiger partial charge in [0.05, 0.1) is 6.54 Å². The molecular formula is C6H13NO. The third-order valence-electron chi connectivity index (χ3n) is 0.980. The second-order valence-electron chi connectivity index (χ2n) is 1.74. The van der Waals surface area contributed by atoms with Crippen molar-refractivity contribution in [1.82, 2.24) is 0 Å². The molecule has 8 heavy (non-hydrogen) atoms. The van der Waals surface area contributed by atoms with Gasteiger partial charge in [0.1, 0.15) is 0 Å². The first-order valence-electron chi connectivity index (χ1n) is 2.96. The number of hydroxylamine groups is 1. The zero-order valence-electron chi connectivity index (χ0n) is 5.10. The monoisotopic (exact) mass is 115 g/mol. The van der Waals surface area contributed by atoms with E-state index >= 15 is 0 Å². The topological polar surface area (TPSA) is 39.7 Å². The van der Waals surface area contributed by atoms with Gasteiger partial charge < -0.3 is 10.7 Å². The van der Waals surface area contributed by atoms with Crippen LogP contribution in [-0.2, 0) is 0 Å². The summed E-state index contributed by atoms with van der Waals surface area (Å²) in [5, 5.41) is 9.74. The summed E-state index contributed by atoms with van der Waals surface area (Å²) in [5.41, 5.74) is 0.961. The zero-order chi connectivity index (χ0) is 6.24. The number of quaternary nitrogens is 1. The van der Waals surface area contributed by atoms with Crippen LogP contribution in [0, 0.1) is 5.21 Å². The van der Waals surface area contributed by atoms with Gasteiger partial charge in [0.2, 0.25) is 0 Å². The Labute approximate surface area is 50.2 Å². The highest BCUT2D eigenvalue weighted by molar-refractivity contribution is 4.64. The van der Waals surface area contributed by atoms with Crippen molar-refractivity contribution < 1.29 is 5.48 Å². The molecule has 48 valence electrons. The molecule has 0 spiro atoms. The second kappa shape index (κ2) is 6.66. The summed E-state index contributed by atoms with van der Waals surface area (Å²) < 4.78 is 0. The summed E-state index contributed by atoms with van der Waals surface area (Å²) in [6.45, 7) is 4.27. The number of hydrogen-bond acceptors (Lipinski definition) is 1. The molecule has 0 heterocycles. The number of nitrogens with two attached hydrogens (primary N) is 1. The van der Waals surface area contributed by atoms with E-state index in [0.29, 0.717) is 6.54 Å². The molecule has 0 atom stereocenters. The van der Waals surface area contributed by atoms with Crippen molar-refractivity contribution in [3.63, 3.8) is 0 Å². The zero-order valence-corrected chi connectivity index (χ0v) is 5.10. The Morgan fingerprint density at radius 3 is 2.75 bits per heavy atom. The van der Waals surface area contributed by atoms with E-state index in [4.69, 9.17) is 0 Å². The molecule has 0 fully saturated rings. The first-order valence-corrected chi connectivity index (χ1v) is 2.96. The van der Waals surface area contributed by atoms with E-state index < -0.39 is 0 Å². The minimum Gasteiger partial charge on any atom is -0.636 e. The van der Waals surface area contributed by atoms with E-state index in [1.165, 1.54) is 0 Å². The summed E-state index contributed by atoms with van der Waals surface area (Å²) in [4.78, 5) is 0. The normalized spacial score (nSPS) is 9.12. The van der Waals surface area contributed by atoms with Crippen molar-refractivity contribution in [3.8, 4) is 0 Å². The van der Waals surface area contributed by atoms with Gasteiger partial charge in [-0.3, -0.25) is 0 Å². The molecule has 0 radical (unpaired) electrons. The summed E-state index contributed by atoms with van der Waals surface area (Å²) in [6.07, 6.45) is 5.02. The Morgan fingerprint density at radius 2 is 2.25 bits per heavy atom. The van der Waals surface area contributed by atoms with Crippen molar-refractivity contribution in [2.75, 3.05) is 6.54 Å². The maximum atomic E-state index is 9.74. The third-order valence-corrected chi connectivity index (χ3v) is 0.980. The third kappa shape index (κ3) is 5.66. The van der Waals surface area contributed by atoms with Gasteiger partial charge in [0.15, 0.2) is 0 Å². The molecule has 0 amide bonds. The minimum atomic E-state index is 0.702. The standard InChI is InChI=1S/C6H13NO/c1-2-3-4-5-6-7-8/h2H,1,3-7H2. The van der Waals surface area contributed by atoms with Crippen LogP contribution in [0.4, 0.5) is 0 Å². The van der Waals surface area contributed by atoms with Crippen molar-refractivity contribution >= 4 is 0 Å². The molecule has 0 aliphatic heterocycles. The lowest BCUT2D eigenvalue weighted by molar-refractivity contribution is -0.589. The first-order chi connectivity index (χ1) is 3.91. The van der Waals surface area contributed by atoms with E-state index in [1.54, 1.807) is 0 Å². The summed E-state index contributed by atoms with van der Waals surface area (Å²) in [6, 6.07) is 0. The van der Waals surface area contributed by atoms with E-state index in [9.17, 15) is 5.21 Å². The van der Waals surface area contributed by atoms with Crippen molar-refractivity contribution in [3.05, 3.63) is 17.9 Å². The van der Waals surface area contributed by atoms with E-state index in [1.807, 2.05) is 6.08 Å². The highest BCUT2D eigenvalue weighted by atomic mass is 16.5. The molecule has 0 aliphatic rings. The van der Waals surface area contributed by atoms with Crippen LogP contribution >= 0.6 is 0 Å². The Hall–Kier alpha value is -0.340. The summed E-state index contributed by atoms with van der Waals surface area (Å²) >= 11 is 0. The molecule has 0 saturated heterocycles. The number of allylic oxidation sites excluding steroid dienone is 1. The van der Waals surface area contributed by atoms with Gasteiger partial charge in [-0.2, -0.15) is 0 Å². The Balaban J connectivity index is 2.62. The Kier molecular flexibility index (Phi) is 6.38. The molecule has 2 nitrogen and oxygen atoms in total. The van der Waals surface area contributed by atoms with Crippen molar-refractivity contribution in [2.45, 2.75) is 19.3 Å². The first kappa shape index (κ1) is 7.66. The molecule has 0 aromatic rings. The fraction of sp³-hybridized carbons (Fsp3) is 0.667. The maximum Gasteiger partial charge on any atom is 0.0752 e. The highest BCUT2D eigenvalue weighted by Gasteiger charge is 1.81. The molecule has 0 saturated carbocycles. The molecule has 0 unspecified atom stereocenters.